The lowest BCUT2D eigenvalue weighted by atomic mass is 10.0. The number of halogens is 1. The first kappa shape index (κ1) is 23.5. The molecule has 0 saturated heterocycles. The fourth-order valence-electron chi connectivity index (χ4n) is 4.74. The van der Waals surface area contributed by atoms with E-state index in [0.29, 0.717) is 41.4 Å². The zero-order valence-electron chi connectivity index (χ0n) is 20.5. The topological polar surface area (TPSA) is 59.4 Å². The number of rotatable bonds is 7. The van der Waals surface area contributed by atoms with E-state index in [-0.39, 0.29) is 11.7 Å². The summed E-state index contributed by atoms with van der Waals surface area (Å²) in [6, 6.07) is 31.1. The summed E-state index contributed by atoms with van der Waals surface area (Å²) in [6.07, 6.45) is 3.03. The van der Waals surface area contributed by atoms with E-state index in [1.54, 1.807) is 35.4 Å². The maximum atomic E-state index is 14.8. The van der Waals surface area contributed by atoms with Crippen molar-refractivity contribution in [3.63, 3.8) is 0 Å². The van der Waals surface area contributed by atoms with E-state index >= 15 is 0 Å². The van der Waals surface area contributed by atoms with Crippen LogP contribution in [0, 0.1) is 5.82 Å². The smallest absolute Gasteiger partial charge is 0.262 e. The minimum Gasteiger partial charge on any atom is -0.492 e. The molecule has 0 saturated carbocycles. The van der Waals surface area contributed by atoms with Gasteiger partial charge in [-0.1, -0.05) is 60.7 Å². The van der Waals surface area contributed by atoms with Gasteiger partial charge < -0.3 is 14.6 Å². The second-order valence-electron chi connectivity index (χ2n) is 8.94. The van der Waals surface area contributed by atoms with Crippen molar-refractivity contribution in [2.45, 2.75) is 12.7 Å². The van der Waals surface area contributed by atoms with Crippen LogP contribution in [0.15, 0.2) is 116 Å². The molecule has 6 nitrogen and oxygen atoms in total. The van der Waals surface area contributed by atoms with Crippen LogP contribution in [0.1, 0.15) is 22.1 Å². The van der Waals surface area contributed by atoms with E-state index in [0.717, 1.165) is 11.4 Å². The largest absolute Gasteiger partial charge is 0.492 e. The molecule has 1 N–H and O–H groups in total. The Morgan fingerprint density at radius 2 is 1.61 bits per heavy atom. The van der Waals surface area contributed by atoms with Crippen LogP contribution in [0.4, 0.5) is 15.8 Å². The number of aromatic nitrogens is 2. The molecule has 1 aliphatic heterocycles. The highest BCUT2D eigenvalue weighted by molar-refractivity contribution is 6.12. The lowest BCUT2D eigenvalue weighted by Crippen LogP contribution is -2.43. The van der Waals surface area contributed by atoms with E-state index in [4.69, 9.17) is 4.74 Å². The summed E-state index contributed by atoms with van der Waals surface area (Å²) in [5.41, 5.74) is 3.29. The maximum Gasteiger partial charge on any atom is 0.262 e. The monoisotopic (exact) mass is 504 g/mol. The molecule has 188 valence electrons. The van der Waals surface area contributed by atoms with Crippen molar-refractivity contribution in [2.24, 2.45) is 0 Å². The molecule has 5 aromatic rings. The van der Waals surface area contributed by atoms with Crippen LogP contribution in [-0.2, 0) is 6.54 Å². The van der Waals surface area contributed by atoms with Crippen LogP contribution in [0.5, 0.6) is 5.75 Å². The number of carbonyl (C=O) groups is 1. The first-order chi connectivity index (χ1) is 18.7. The molecule has 0 aliphatic carbocycles. The third-order valence-corrected chi connectivity index (χ3v) is 6.59. The van der Waals surface area contributed by atoms with E-state index in [9.17, 15) is 9.18 Å². The number of hydrogen-bond donors (Lipinski definition) is 1. The molecule has 1 amide bonds. The Hall–Kier alpha value is -4.91. The summed E-state index contributed by atoms with van der Waals surface area (Å²) in [5.74, 6) is 0.988. The minimum absolute atomic E-state index is 0.199. The molecule has 1 aromatic heterocycles. The Bertz CT molecular complexity index is 1570. The summed E-state index contributed by atoms with van der Waals surface area (Å²) in [6.45, 7) is 1.08. The molecule has 1 aliphatic rings. The lowest BCUT2D eigenvalue weighted by molar-refractivity contribution is 0.0974. The number of para-hydroxylation sites is 1. The summed E-state index contributed by atoms with van der Waals surface area (Å²) < 4.78 is 22.9. The number of ether oxygens (including phenoxy) is 1. The van der Waals surface area contributed by atoms with Crippen molar-refractivity contribution in [2.75, 3.05) is 16.8 Å². The van der Waals surface area contributed by atoms with Crippen LogP contribution in [-0.4, -0.2) is 22.1 Å². The molecule has 1 atom stereocenters. The van der Waals surface area contributed by atoms with Crippen molar-refractivity contribution in [1.82, 2.24) is 9.55 Å². The van der Waals surface area contributed by atoms with E-state index in [2.05, 4.69) is 14.9 Å². The molecule has 38 heavy (non-hydrogen) atoms. The second-order valence-corrected chi connectivity index (χ2v) is 8.94. The number of fused-ring (bicyclic) bond motifs is 1. The van der Waals surface area contributed by atoms with Crippen LogP contribution >= 0.6 is 0 Å². The van der Waals surface area contributed by atoms with Gasteiger partial charge in [0.15, 0.2) is 0 Å². The Labute approximate surface area is 220 Å². The number of hydrogen-bond acceptors (Lipinski definition) is 4. The fraction of sp³-hybridized carbons (Fsp3) is 0.0968. The predicted molar refractivity (Wildman–Crippen MR) is 146 cm³/mol. The van der Waals surface area contributed by atoms with Crippen LogP contribution in [0.2, 0.25) is 0 Å². The standard InChI is InChI=1S/C31H25FN4O2/c32-27-12-6-4-10-25(27)30-34-28-13-7-5-11-26(28)31(37)36(30)23-14-16-24(17-15-23)38-21-20-35-19-18-33-29(35)22-8-2-1-3-9-22/h1-19,30,34H,20-21H2. The first-order valence-electron chi connectivity index (χ1n) is 12.4. The van der Waals surface area contributed by atoms with Gasteiger partial charge in [0, 0.05) is 34.9 Å². The average Bonchev–Trinajstić information content (AvgIpc) is 3.43. The predicted octanol–water partition coefficient (Wildman–Crippen LogP) is 6.54. The summed E-state index contributed by atoms with van der Waals surface area (Å²) in [5, 5.41) is 3.34. The normalized spacial score (nSPS) is 14.6. The highest BCUT2D eigenvalue weighted by Gasteiger charge is 2.35. The van der Waals surface area contributed by atoms with Gasteiger partial charge in [-0.25, -0.2) is 9.37 Å². The molecule has 0 spiro atoms. The highest BCUT2D eigenvalue weighted by Crippen LogP contribution is 2.37. The Kier molecular flexibility index (Phi) is 6.32. The van der Waals surface area contributed by atoms with E-state index in [1.165, 1.54) is 6.07 Å². The minimum atomic E-state index is -0.692. The molecule has 0 bridgehead atoms. The van der Waals surface area contributed by atoms with Crippen LogP contribution in [0.25, 0.3) is 11.4 Å². The number of nitrogens with one attached hydrogen (secondary N) is 1. The average molecular weight is 505 g/mol. The number of anilines is 2. The SMILES string of the molecule is O=C1c2ccccc2NC(c2ccccc2F)N1c1ccc(OCCn2ccnc2-c2ccccc2)cc1. The van der Waals surface area contributed by atoms with Crippen LogP contribution in [0.3, 0.4) is 0 Å². The van der Waals surface area contributed by atoms with Gasteiger partial charge in [-0.15, -0.1) is 0 Å². The highest BCUT2D eigenvalue weighted by atomic mass is 19.1. The third-order valence-electron chi connectivity index (χ3n) is 6.59. The van der Waals surface area contributed by atoms with Crippen molar-refractivity contribution in [1.29, 1.82) is 0 Å². The van der Waals surface area contributed by atoms with Crippen molar-refractivity contribution < 1.29 is 13.9 Å². The van der Waals surface area contributed by atoms with E-state index < -0.39 is 6.17 Å². The molecule has 2 heterocycles. The second kappa shape index (κ2) is 10.2. The van der Waals surface area contributed by atoms with Gasteiger partial charge in [-0.3, -0.25) is 9.69 Å². The van der Waals surface area contributed by atoms with Crippen molar-refractivity contribution in [3.8, 4) is 17.1 Å². The quantitative estimate of drug-likeness (QED) is 0.273. The van der Waals surface area contributed by atoms with Gasteiger partial charge in [0.1, 0.15) is 30.2 Å². The molecule has 7 heteroatoms. The lowest BCUT2D eigenvalue weighted by Gasteiger charge is -2.38. The zero-order valence-corrected chi connectivity index (χ0v) is 20.5. The molecular formula is C31H25FN4O2. The summed E-state index contributed by atoms with van der Waals surface area (Å²) in [7, 11) is 0. The summed E-state index contributed by atoms with van der Waals surface area (Å²) >= 11 is 0. The van der Waals surface area contributed by atoms with Gasteiger partial charge in [0.2, 0.25) is 0 Å². The first-order valence-corrected chi connectivity index (χ1v) is 12.4. The Balaban J connectivity index is 1.21. The molecule has 4 aromatic carbocycles. The Morgan fingerprint density at radius 3 is 2.42 bits per heavy atom. The van der Waals surface area contributed by atoms with Gasteiger partial charge in [-0.05, 0) is 42.5 Å². The van der Waals surface area contributed by atoms with Crippen LogP contribution < -0.4 is 15.0 Å². The Morgan fingerprint density at radius 1 is 0.868 bits per heavy atom. The number of carbonyl (C=O) groups excluding carboxylic acids is 1. The number of nitrogens with zero attached hydrogens (tertiary/aromatic N) is 3. The number of imidazole rings is 1. The van der Waals surface area contributed by atoms with Gasteiger partial charge in [0.25, 0.3) is 5.91 Å². The van der Waals surface area contributed by atoms with Crippen molar-refractivity contribution in [3.05, 3.63) is 132 Å². The zero-order chi connectivity index (χ0) is 25.9. The molecular weight excluding hydrogens is 479 g/mol. The maximum absolute atomic E-state index is 14.8. The number of benzene rings is 4. The van der Waals surface area contributed by atoms with Crippen molar-refractivity contribution >= 4 is 17.3 Å². The van der Waals surface area contributed by atoms with E-state index in [1.807, 2.05) is 79.0 Å². The molecule has 1 unspecified atom stereocenters. The number of amides is 1. The third kappa shape index (κ3) is 4.50. The molecule has 0 radical (unpaired) electrons. The summed E-state index contributed by atoms with van der Waals surface area (Å²) in [4.78, 5) is 19.6. The fourth-order valence-corrected chi connectivity index (χ4v) is 4.74. The van der Waals surface area contributed by atoms with Gasteiger partial charge in [-0.2, -0.15) is 0 Å². The van der Waals surface area contributed by atoms with Gasteiger partial charge >= 0.3 is 0 Å². The molecule has 0 fully saturated rings. The molecule has 6 rings (SSSR count). The van der Waals surface area contributed by atoms with Gasteiger partial charge in [0.05, 0.1) is 12.1 Å².